The van der Waals surface area contributed by atoms with Gasteiger partial charge in [0.05, 0.1) is 11.4 Å². The highest BCUT2D eigenvalue weighted by molar-refractivity contribution is 5.91. The average molecular weight is 351 g/mol. The minimum Gasteiger partial charge on any atom is -0.403 e. The Hall–Kier alpha value is -3.66. The van der Waals surface area contributed by atoms with E-state index in [0.717, 1.165) is 28.1 Å². The fourth-order valence-corrected chi connectivity index (χ4v) is 3.30. The largest absolute Gasteiger partial charge is 0.403 e. The zero-order valence-electron chi connectivity index (χ0n) is 14.8. The summed E-state index contributed by atoms with van der Waals surface area (Å²) in [4.78, 5) is 2.02. The smallest absolute Gasteiger partial charge is 0.327 e. The van der Waals surface area contributed by atoms with Gasteiger partial charge in [-0.1, -0.05) is 71.3 Å². The standard InChI is InChI=1S/C23H17N3O/c1-16-10-12-19(13-11-16)22-24-25-23(27-22)26-20-8-4-2-6-17(20)14-15-18-7-3-5-9-21(18)26/h2-15H,1H3. The van der Waals surface area contributed by atoms with Crippen molar-refractivity contribution in [2.45, 2.75) is 6.92 Å². The van der Waals surface area contributed by atoms with Gasteiger partial charge in [0.1, 0.15) is 0 Å². The van der Waals surface area contributed by atoms with Crippen molar-refractivity contribution in [1.29, 1.82) is 0 Å². The van der Waals surface area contributed by atoms with Crippen LogP contribution in [0.2, 0.25) is 0 Å². The maximum Gasteiger partial charge on any atom is 0.327 e. The van der Waals surface area contributed by atoms with E-state index in [1.807, 2.05) is 53.4 Å². The minimum absolute atomic E-state index is 0.453. The van der Waals surface area contributed by atoms with E-state index in [1.54, 1.807) is 0 Å². The second-order valence-corrected chi connectivity index (χ2v) is 6.54. The predicted molar refractivity (Wildman–Crippen MR) is 108 cm³/mol. The maximum atomic E-state index is 6.09. The van der Waals surface area contributed by atoms with Crippen LogP contribution in [0.5, 0.6) is 0 Å². The number of fused-ring (bicyclic) bond motifs is 2. The van der Waals surface area contributed by atoms with Gasteiger partial charge >= 0.3 is 6.01 Å². The summed E-state index contributed by atoms with van der Waals surface area (Å²) in [6.45, 7) is 2.06. The lowest BCUT2D eigenvalue weighted by Gasteiger charge is -2.22. The second-order valence-electron chi connectivity index (χ2n) is 6.54. The van der Waals surface area contributed by atoms with Crippen molar-refractivity contribution in [3.8, 4) is 11.5 Å². The topological polar surface area (TPSA) is 42.2 Å². The molecule has 0 radical (unpaired) electrons. The fraction of sp³-hybridized carbons (Fsp3) is 0.0435. The summed E-state index contributed by atoms with van der Waals surface area (Å²) in [5, 5.41) is 8.65. The Morgan fingerprint density at radius 1 is 0.704 bits per heavy atom. The Balaban J connectivity index is 1.67. The van der Waals surface area contributed by atoms with Crippen LogP contribution in [0, 0.1) is 6.92 Å². The molecule has 1 aromatic heterocycles. The van der Waals surface area contributed by atoms with Crippen LogP contribution in [0.15, 0.2) is 77.2 Å². The van der Waals surface area contributed by atoms with E-state index in [-0.39, 0.29) is 0 Å². The average Bonchev–Trinajstić information content (AvgIpc) is 3.12. The highest BCUT2D eigenvalue weighted by atomic mass is 16.4. The Morgan fingerprint density at radius 3 is 1.93 bits per heavy atom. The van der Waals surface area contributed by atoms with E-state index in [9.17, 15) is 0 Å². The molecule has 0 fully saturated rings. The Bertz CT molecular complexity index is 1090. The van der Waals surface area contributed by atoms with Gasteiger partial charge < -0.3 is 4.42 Å². The van der Waals surface area contributed by atoms with Crippen LogP contribution >= 0.6 is 0 Å². The van der Waals surface area contributed by atoms with Crippen molar-refractivity contribution in [2.24, 2.45) is 0 Å². The minimum atomic E-state index is 0.453. The lowest BCUT2D eigenvalue weighted by molar-refractivity contribution is 0.575. The molecule has 0 saturated heterocycles. The first-order chi connectivity index (χ1) is 13.3. The molecule has 5 rings (SSSR count). The van der Waals surface area contributed by atoms with Crippen LogP contribution in [0.1, 0.15) is 16.7 Å². The summed E-state index contributed by atoms with van der Waals surface area (Å²) in [6.07, 6.45) is 4.23. The Labute approximate surface area is 157 Å². The number of nitrogens with zero attached hydrogens (tertiary/aromatic N) is 3. The molecule has 4 aromatic rings. The van der Waals surface area contributed by atoms with E-state index in [4.69, 9.17) is 4.42 Å². The van der Waals surface area contributed by atoms with Gasteiger partial charge in [-0.05, 0) is 42.3 Å². The van der Waals surface area contributed by atoms with Crippen LogP contribution in [-0.2, 0) is 0 Å². The van der Waals surface area contributed by atoms with Crippen molar-refractivity contribution in [3.63, 3.8) is 0 Å². The summed E-state index contributed by atoms with van der Waals surface area (Å²) in [5.74, 6) is 0.511. The lowest BCUT2D eigenvalue weighted by Crippen LogP contribution is -2.12. The molecular weight excluding hydrogens is 334 g/mol. The number of aromatic nitrogens is 2. The predicted octanol–water partition coefficient (Wildman–Crippen LogP) is 6.00. The Kier molecular flexibility index (Phi) is 3.61. The number of hydrogen-bond acceptors (Lipinski definition) is 4. The summed E-state index contributed by atoms with van der Waals surface area (Å²) in [6, 6.07) is 24.9. The van der Waals surface area contributed by atoms with Gasteiger partial charge in [0.2, 0.25) is 5.89 Å². The third-order valence-corrected chi connectivity index (χ3v) is 4.70. The molecule has 0 saturated carbocycles. The summed E-state index contributed by atoms with van der Waals surface area (Å²) >= 11 is 0. The number of hydrogen-bond donors (Lipinski definition) is 0. The highest BCUT2D eigenvalue weighted by Crippen LogP contribution is 2.41. The Morgan fingerprint density at radius 2 is 1.30 bits per heavy atom. The number of aryl methyl sites for hydroxylation is 1. The van der Waals surface area contributed by atoms with Crippen LogP contribution < -0.4 is 4.90 Å². The molecule has 3 aromatic carbocycles. The first-order valence-electron chi connectivity index (χ1n) is 8.86. The number of para-hydroxylation sites is 2. The van der Waals surface area contributed by atoms with Crippen molar-refractivity contribution >= 4 is 29.5 Å². The van der Waals surface area contributed by atoms with Crippen molar-refractivity contribution in [2.75, 3.05) is 4.90 Å². The van der Waals surface area contributed by atoms with Crippen LogP contribution in [-0.4, -0.2) is 10.2 Å². The van der Waals surface area contributed by atoms with Gasteiger partial charge in [-0.3, -0.25) is 4.90 Å². The molecule has 0 aliphatic carbocycles. The molecule has 0 bridgehead atoms. The normalized spacial score (nSPS) is 12.4. The third-order valence-electron chi connectivity index (χ3n) is 4.70. The molecule has 0 amide bonds. The van der Waals surface area contributed by atoms with Gasteiger partial charge in [-0.25, -0.2) is 0 Å². The number of benzene rings is 3. The quantitative estimate of drug-likeness (QED) is 0.391. The molecule has 27 heavy (non-hydrogen) atoms. The van der Waals surface area contributed by atoms with E-state index in [1.165, 1.54) is 5.56 Å². The van der Waals surface area contributed by atoms with Crippen LogP contribution in [0.3, 0.4) is 0 Å². The molecule has 4 nitrogen and oxygen atoms in total. The van der Waals surface area contributed by atoms with E-state index < -0.39 is 0 Å². The van der Waals surface area contributed by atoms with E-state index >= 15 is 0 Å². The molecule has 130 valence electrons. The van der Waals surface area contributed by atoms with Gasteiger partial charge in [0.15, 0.2) is 0 Å². The van der Waals surface area contributed by atoms with Gasteiger partial charge in [0.25, 0.3) is 0 Å². The third kappa shape index (κ3) is 2.72. The van der Waals surface area contributed by atoms with Gasteiger partial charge in [0, 0.05) is 5.56 Å². The molecule has 2 heterocycles. The van der Waals surface area contributed by atoms with Crippen molar-refractivity contribution in [1.82, 2.24) is 10.2 Å². The van der Waals surface area contributed by atoms with Crippen molar-refractivity contribution < 1.29 is 4.42 Å². The molecule has 0 spiro atoms. The first-order valence-corrected chi connectivity index (χ1v) is 8.86. The molecule has 1 aliphatic rings. The highest BCUT2D eigenvalue weighted by Gasteiger charge is 2.24. The summed E-state index contributed by atoms with van der Waals surface area (Å²) in [5.41, 5.74) is 6.33. The van der Waals surface area contributed by atoms with E-state index in [0.29, 0.717) is 11.9 Å². The lowest BCUT2D eigenvalue weighted by atomic mass is 10.1. The zero-order chi connectivity index (χ0) is 18.2. The molecule has 1 aliphatic heterocycles. The van der Waals surface area contributed by atoms with Gasteiger partial charge in [-0.2, -0.15) is 0 Å². The van der Waals surface area contributed by atoms with E-state index in [2.05, 4.69) is 53.5 Å². The molecular formula is C23H17N3O. The fourth-order valence-electron chi connectivity index (χ4n) is 3.30. The zero-order valence-corrected chi connectivity index (χ0v) is 14.8. The summed E-state index contributed by atoms with van der Waals surface area (Å²) < 4.78 is 6.09. The molecule has 0 N–H and O–H groups in total. The van der Waals surface area contributed by atoms with Gasteiger partial charge in [-0.15, -0.1) is 5.10 Å². The SMILES string of the molecule is Cc1ccc(-c2nnc(N3c4ccccc4C=Cc4ccccc43)o2)cc1. The molecule has 4 heteroatoms. The maximum absolute atomic E-state index is 6.09. The molecule has 0 unspecified atom stereocenters. The first kappa shape index (κ1) is 15.6. The second kappa shape index (κ2) is 6.25. The number of anilines is 3. The monoisotopic (exact) mass is 351 g/mol. The van der Waals surface area contributed by atoms with Crippen LogP contribution in [0.4, 0.5) is 17.4 Å². The van der Waals surface area contributed by atoms with Crippen molar-refractivity contribution in [3.05, 3.63) is 89.5 Å². The summed E-state index contributed by atoms with van der Waals surface area (Å²) in [7, 11) is 0. The molecule has 0 atom stereocenters. The number of rotatable bonds is 2. The van der Waals surface area contributed by atoms with Crippen LogP contribution in [0.25, 0.3) is 23.6 Å².